The zero-order chi connectivity index (χ0) is 14.5. The van der Waals surface area contributed by atoms with Gasteiger partial charge < -0.3 is 10.1 Å². The maximum Gasteiger partial charge on any atom is 0.123 e. The molecule has 4 heteroatoms. The van der Waals surface area contributed by atoms with Crippen molar-refractivity contribution in [1.29, 1.82) is 0 Å². The number of para-hydroxylation sites is 1. The molecule has 1 unspecified atom stereocenters. The van der Waals surface area contributed by atoms with Crippen LogP contribution in [0, 0.1) is 0 Å². The van der Waals surface area contributed by atoms with Crippen molar-refractivity contribution < 1.29 is 4.74 Å². The monoisotopic (exact) mass is 309 g/mol. The highest BCUT2D eigenvalue weighted by Crippen LogP contribution is 2.25. The first-order valence-corrected chi connectivity index (χ1v) is 7.17. The van der Waals surface area contributed by atoms with Crippen molar-refractivity contribution in [2.45, 2.75) is 19.5 Å². The molecule has 0 bridgehead atoms. The summed E-state index contributed by atoms with van der Waals surface area (Å²) in [5, 5.41) is 4.75. The molecule has 0 heterocycles. The van der Waals surface area contributed by atoms with Gasteiger partial charge in [-0.25, -0.2) is 0 Å². The van der Waals surface area contributed by atoms with Crippen molar-refractivity contribution in [3.8, 4) is 5.75 Å². The third-order valence-corrected chi connectivity index (χ3v) is 3.58. The number of nitrogens with one attached hydrogen (secondary N) is 1. The Labute approximate surface area is 129 Å². The smallest absolute Gasteiger partial charge is 0.123 e. The highest BCUT2D eigenvalue weighted by atomic mass is 35.5. The summed E-state index contributed by atoms with van der Waals surface area (Å²) in [5.74, 6) is 0.886. The van der Waals surface area contributed by atoms with Crippen molar-refractivity contribution in [1.82, 2.24) is 5.32 Å². The molecule has 106 valence electrons. The molecule has 2 nitrogen and oxygen atoms in total. The summed E-state index contributed by atoms with van der Waals surface area (Å²) in [4.78, 5) is 0. The van der Waals surface area contributed by atoms with Gasteiger partial charge in [-0.05, 0) is 36.8 Å². The van der Waals surface area contributed by atoms with Crippen molar-refractivity contribution in [2.75, 3.05) is 7.11 Å². The van der Waals surface area contributed by atoms with Crippen molar-refractivity contribution in [3.63, 3.8) is 0 Å². The van der Waals surface area contributed by atoms with Crippen LogP contribution in [0.4, 0.5) is 0 Å². The Morgan fingerprint density at radius 1 is 1.10 bits per heavy atom. The molecular formula is C16H17Cl2NO. The fourth-order valence-electron chi connectivity index (χ4n) is 2.12. The fourth-order valence-corrected chi connectivity index (χ4v) is 2.69. The SMILES string of the molecule is COc1ccccc1C(C)NCc1cc(Cl)cc(Cl)c1. The van der Waals surface area contributed by atoms with Gasteiger partial charge in [-0.2, -0.15) is 0 Å². The molecular weight excluding hydrogens is 293 g/mol. The van der Waals surface area contributed by atoms with Crippen LogP contribution in [-0.4, -0.2) is 7.11 Å². The molecule has 2 rings (SSSR count). The van der Waals surface area contributed by atoms with E-state index in [-0.39, 0.29) is 6.04 Å². The zero-order valence-corrected chi connectivity index (χ0v) is 13.0. The van der Waals surface area contributed by atoms with Crippen LogP contribution in [0.3, 0.4) is 0 Å². The predicted molar refractivity (Wildman–Crippen MR) is 84.7 cm³/mol. The first-order chi connectivity index (χ1) is 9.60. The summed E-state index contributed by atoms with van der Waals surface area (Å²) in [6, 6.07) is 13.7. The molecule has 20 heavy (non-hydrogen) atoms. The van der Waals surface area contributed by atoms with E-state index in [4.69, 9.17) is 27.9 Å². The molecule has 0 radical (unpaired) electrons. The van der Waals surface area contributed by atoms with Gasteiger partial charge >= 0.3 is 0 Å². The lowest BCUT2D eigenvalue weighted by Gasteiger charge is -2.17. The number of halogens is 2. The average Bonchev–Trinajstić information content (AvgIpc) is 2.43. The molecule has 0 amide bonds. The second kappa shape index (κ2) is 6.98. The third-order valence-electron chi connectivity index (χ3n) is 3.14. The van der Waals surface area contributed by atoms with E-state index in [1.54, 1.807) is 13.2 Å². The van der Waals surface area contributed by atoms with Crippen LogP contribution in [0.5, 0.6) is 5.75 Å². The highest BCUT2D eigenvalue weighted by Gasteiger charge is 2.10. The lowest BCUT2D eigenvalue weighted by atomic mass is 10.1. The maximum atomic E-state index is 6.00. The summed E-state index contributed by atoms with van der Waals surface area (Å²) in [5.41, 5.74) is 2.19. The average molecular weight is 310 g/mol. The van der Waals surface area contributed by atoms with E-state index >= 15 is 0 Å². The molecule has 1 N–H and O–H groups in total. The lowest BCUT2D eigenvalue weighted by molar-refractivity contribution is 0.401. The first kappa shape index (κ1) is 15.2. The molecule has 0 aliphatic heterocycles. The Morgan fingerprint density at radius 2 is 1.75 bits per heavy atom. The number of rotatable bonds is 5. The largest absolute Gasteiger partial charge is 0.496 e. The van der Waals surface area contributed by atoms with Crippen molar-refractivity contribution >= 4 is 23.2 Å². The number of benzene rings is 2. The van der Waals surface area contributed by atoms with Gasteiger partial charge in [0.05, 0.1) is 7.11 Å². The van der Waals surface area contributed by atoms with Crippen LogP contribution in [0.1, 0.15) is 24.1 Å². The molecule has 0 aromatic heterocycles. The maximum absolute atomic E-state index is 6.00. The fraction of sp³-hybridized carbons (Fsp3) is 0.250. The second-order valence-corrected chi connectivity index (χ2v) is 5.50. The van der Waals surface area contributed by atoms with Crippen LogP contribution in [-0.2, 0) is 6.54 Å². The summed E-state index contributed by atoms with van der Waals surface area (Å²) >= 11 is 12.0. The standard InChI is InChI=1S/C16H17Cl2NO/c1-11(15-5-3-4-6-16(15)20-2)19-10-12-7-13(17)9-14(18)8-12/h3-9,11,19H,10H2,1-2H3. The van der Waals surface area contributed by atoms with Crippen molar-refractivity contribution in [3.05, 3.63) is 63.6 Å². The minimum absolute atomic E-state index is 0.170. The number of methoxy groups -OCH3 is 1. The molecule has 0 spiro atoms. The highest BCUT2D eigenvalue weighted by molar-refractivity contribution is 6.34. The summed E-state index contributed by atoms with van der Waals surface area (Å²) in [6.45, 7) is 2.80. The minimum atomic E-state index is 0.170. The number of hydrogen-bond acceptors (Lipinski definition) is 2. The molecule has 0 aliphatic carbocycles. The Hall–Kier alpha value is -1.22. The van der Waals surface area contributed by atoms with Crippen LogP contribution in [0.25, 0.3) is 0 Å². The molecule has 0 fully saturated rings. The normalized spacial score (nSPS) is 12.2. The van der Waals surface area contributed by atoms with E-state index in [0.29, 0.717) is 16.6 Å². The zero-order valence-electron chi connectivity index (χ0n) is 11.5. The van der Waals surface area contributed by atoms with Gasteiger partial charge in [-0.1, -0.05) is 41.4 Å². The Bertz CT molecular complexity index is 566. The quantitative estimate of drug-likeness (QED) is 0.852. The van der Waals surface area contributed by atoms with Gasteiger partial charge in [0.2, 0.25) is 0 Å². The summed E-state index contributed by atoms with van der Waals surface area (Å²) in [7, 11) is 1.68. The van der Waals surface area contributed by atoms with Gasteiger partial charge in [0.1, 0.15) is 5.75 Å². The molecule has 0 saturated heterocycles. The summed E-state index contributed by atoms with van der Waals surface area (Å²) < 4.78 is 5.37. The molecule has 0 aliphatic rings. The third kappa shape index (κ3) is 3.89. The van der Waals surface area contributed by atoms with Crippen LogP contribution < -0.4 is 10.1 Å². The van der Waals surface area contributed by atoms with Gasteiger partial charge in [0, 0.05) is 28.2 Å². The van der Waals surface area contributed by atoms with Crippen molar-refractivity contribution in [2.24, 2.45) is 0 Å². The van der Waals surface area contributed by atoms with Gasteiger partial charge in [-0.3, -0.25) is 0 Å². The predicted octanol–water partition coefficient (Wildman–Crippen LogP) is 4.85. The van der Waals surface area contributed by atoms with Crippen LogP contribution in [0.2, 0.25) is 10.0 Å². The molecule has 2 aromatic carbocycles. The number of ether oxygens (including phenoxy) is 1. The Balaban J connectivity index is 2.06. The van der Waals surface area contributed by atoms with E-state index < -0.39 is 0 Å². The molecule has 2 aromatic rings. The summed E-state index contributed by atoms with van der Waals surface area (Å²) in [6.07, 6.45) is 0. The topological polar surface area (TPSA) is 21.3 Å². The second-order valence-electron chi connectivity index (χ2n) is 4.62. The van der Waals surface area contributed by atoms with E-state index in [2.05, 4.69) is 18.3 Å². The Kier molecular flexibility index (Phi) is 5.30. The van der Waals surface area contributed by atoms with Gasteiger partial charge in [0.25, 0.3) is 0 Å². The molecule has 0 saturated carbocycles. The van der Waals surface area contributed by atoms with E-state index in [0.717, 1.165) is 16.9 Å². The van der Waals surface area contributed by atoms with Crippen LogP contribution >= 0.6 is 23.2 Å². The number of hydrogen-bond donors (Lipinski definition) is 1. The molecule has 1 atom stereocenters. The van der Waals surface area contributed by atoms with E-state index in [1.165, 1.54) is 0 Å². The van der Waals surface area contributed by atoms with E-state index in [9.17, 15) is 0 Å². The minimum Gasteiger partial charge on any atom is -0.496 e. The van der Waals surface area contributed by atoms with Gasteiger partial charge in [-0.15, -0.1) is 0 Å². The van der Waals surface area contributed by atoms with Crippen LogP contribution in [0.15, 0.2) is 42.5 Å². The Morgan fingerprint density at radius 3 is 2.40 bits per heavy atom. The van der Waals surface area contributed by atoms with E-state index in [1.807, 2.05) is 30.3 Å². The lowest BCUT2D eigenvalue weighted by Crippen LogP contribution is -2.18. The first-order valence-electron chi connectivity index (χ1n) is 6.41. The van der Waals surface area contributed by atoms with Gasteiger partial charge in [0.15, 0.2) is 0 Å².